The first-order valence-corrected chi connectivity index (χ1v) is 8.48. The summed E-state index contributed by atoms with van der Waals surface area (Å²) in [6.45, 7) is 8.01. The lowest BCUT2D eigenvalue weighted by atomic mass is 9.67. The number of aliphatic hydroxyl groups is 1. The van der Waals surface area contributed by atoms with Crippen LogP contribution in [0.25, 0.3) is 0 Å². The molecule has 1 aromatic rings. The Morgan fingerprint density at radius 2 is 2.26 bits per heavy atom. The number of rotatable bonds is 3. The zero-order chi connectivity index (χ0) is 17.4. The first kappa shape index (κ1) is 18.1. The van der Waals surface area contributed by atoms with Gasteiger partial charge in [-0.1, -0.05) is 20.8 Å². The highest BCUT2D eigenvalue weighted by Crippen LogP contribution is 2.47. The number of carbonyl (C=O) groups is 1. The molecule has 5 N–H and O–H groups in total. The normalized spacial score (nSPS) is 31.8. The van der Waals surface area contributed by atoms with Crippen LogP contribution in [0.15, 0.2) is 5.38 Å². The molecule has 0 aromatic carbocycles. The molecule has 1 aliphatic heterocycles. The van der Waals surface area contributed by atoms with Crippen LogP contribution >= 0.6 is 11.3 Å². The fraction of sp³-hybridized carbons (Fsp3) is 0.733. The number of carboxylic acid groups (broad SMARTS) is 1. The number of anilines is 1. The summed E-state index contributed by atoms with van der Waals surface area (Å²) in [6.07, 6.45) is -0.905. The second-order valence-electron chi connectivity index (χ2n) is 7.21. The average molecular weight is 343 g/mol. The summed E-state index contributed by atoms with van der Waals surface area (Å²) in [4.78, 5) is 15.1. The van der Waals surface area contributed by atoms with E-state index in [2.05, 4.69) is 10.3 Å². The van der Waals surface area contributed by atoms with E-state index in [1.807, 2.05) is 27.7 Å². The van der Waals surface area contributed by atoms with Gasteiger partial charge in [0.05, 0.1) is 12.2 Å². The Balaban J connectivity index is 2.46. The lowest BCUT2D eigenvalue weighted by Gasteiger charge is -2.52. The van der Waals surface area contributed by atoms with Gasteiger partial charge < -0.3 is 20.7 Å². The Hall–Kier alpha value is -1.22. The van der Waals surface area contributed by atoms with Crippen molar-refractivity contribution in [2.45, 2.75) is 51.9 Å². The third-order valence-corrected chi connectivity index (χ3v) is 5.22. The van der Waals surface area contributed by atoms with E-state index in [1.165, 1.54) is 11.3 Å². The smallest absolute Gasteiger partial charge is 0.410 e. The van der Waals surface area contributed by atoms with Crippen molar-refractivity contribution in [1.29, 1.82) is 0 Å². The van der Waals surface area contributed by atoms with Crippen molar-refractivity contribution in [3.05, 3.63) is 10.4 Å². The number of nitrogens with one attached hydrogen (secondary N) is 1. The maximum atomic E-state index is 10.8. The Morgan fingerprint density at radius 3 is 2.78 bits per heavy atom. The Morgan fingerprint density at radius 1 is 1.61 bits per heavy atom. The van der Waals surface area contributed by atoms with E-state index in [4.69, 9.17) is 15.6 Å². The first-order valence-electron chi connectivity index (χ1n) is 7.60. The van der Waals surface area contributed by atoms with Gasteiger partial charge in [0.15, 0.2) is 0 Å². The summed E-state index contributed by atoms with van der Waals surface area (Å²) in [5.74, 6) is 0.0320. The van der Waals surface area contributed by atoms with Crippen molar-refractivity contribution in [2.75, 3.05) is 11.9 Å². The summed E-state index contributed by atoms with van der Waals surface area (Å²) in [5.41, 5.74) is 5.53. The van der Waals surface area contributed by atoms with E-state index in [0.29, 0.717) is 11.4 Å². The van der Waals surface area contributed by atoms with Crippen molar-refractivity contribution < 1.29 is 19.7 Å². The maximum absolute atomic E-state index is 10.8. The molecule has 8 heteroatoms. The molecule has 2 rings (SSSR count). The lowest BCUT2D eigenvalue weighted by Crippen LogP contribution is -2.64. The second kappa shape index (κ2) is 6.35. The molecule has 1 amide bonds. The van der Waals surface area contributed by atoms with E-state index in [1.54, 1.807) is 5.38 Å². The minimum absolute atomic E-state index is 0.00960. The molecule has 2 heterocycles. The monoisotopic (exact) mass is 343 g/mol. The van der Waals surface area contributed by atoms with Gasteiger partial charge in [-0.15, -0.1) is 11.3 Å². The van der Waals surface area contributed by atoms with E-state index < -0.39 is 11.6 Å². The third kappa shape index (κ3) is 3.50. The Bertz CT molecular complexity index is 571. The summed E-state index contributed by atoms with van der Waals surface area (Å²) in [6, 6.07) is 0. The molecule has 1 saturated heterocycles. The number of aliphatic hydroxyl groups excluding tert-OH is 1. The van der Waals surface area contributed by atoms with Crippen LogP contribution in [0.5, 0.6) is 0 Å². The number of hydrogen-bond donors (Lipinski definition) is 4. The largest absolute Gasteiger partial charge is 0.465 e. The second-order valence-corrected chi connectivity index (χ2v) is 8.07. The van der Waals surface area contributed by atoms with Gasteiger partial charge in [-0.3, -0.25) is 5.32 Å². The molecule has 0 aliphatic carbocycles. The predicted molar refractivity (Wildman–Crippen MR) is 88.6 cm³/mol. The highest BCUT2D eigenvalue weighted by atomic mass is 32.1. The van der Waals surface area contributed by atoms with Gasteiger partial charge in [0.25, 0.3) is 0 Å². The summed E-state index contributed by atoms with van der Waals surface area (Å²) in [5, 5.41) is 23.1. The Kier molecular flexibility index (Phi) is 5.00. The summed E-state index contributed by atoms with van der Waals surface area (Å²) < 4.78 is 6.14. The molecule has 0 radical (unpaired) electrons. The Labute approximate surface area is 139 Å². The summed E-state index contributed by atoms with van der Waals surface area (Å²) >= 11 is 1.28. The van der Waals surface area contributed by atoms with Crippen LogP contribution in [0, 0.1) is 11.3 Å². The van der Waals surface area contributed by atoms with Gasteiger partial charge in [-0.25, -0.2) is 9.78 Å². The van der Waals surface area contributed by atoms with Crippen molar-refractivity contribution in [2.24, 2.45) is 17.1 Å². The number of nitrogens with two attached hydrogens (primary N) is 1. The molecule has 1 fully saturated rings. The molecule has 1 aromatic heterocycles. The van der Waals surface area contributed by atoms with E-state index in [-0.39, 0.29) is 36.0 Å². The quantitative estimate of drug-likeness (QED) is 0.668. The van der Waals surface area contributed by atoms with Crippen molar-refractivity contribution in [3.63, 3.8) is 0 Å². The van der Waals surface area contributed by atoms with Gasteiger partial charge >= 0.3 is 6.09 Å². The third-order valence-electron chi connectivity index (χ3n) is 4.21. The van der Waals surface area contributed by atoms with E-state index in [9.17, 15) is 9.90 Å². The molecule has 0 saturated carbocycles. The standard InChI is InChI=1S/C15H25N3O4S/c1-8-5-9(6-19)15(16,11(22-8)14(2,3)4)12-17-10(7-23-12)18-13(20)21/h7-9,11,18-19H,5-6,16H2,1-4H3,(H,20,21)/t8-,9-,11?,15+/m0/s1. The molecule has 130 valence electrons. The number of aromatic nitrogens is 1. The van der Waals surface area contributed by atoms with Gasteiger partial charge in [0.1, 0.15) is 16.4 Å². The highest BCUT2D eigenvalue weighted by molar-refractivity contribution is 7.10. The first-order chi connectivity index (χ1) is 10.6. The zero-order valence-electron chi connectivity index (χ0n) is 13.9. The number of hydrogen-bond acceptors (Lipinski definition) is 6. The van der Waals surface area contributed by atoms with Crippen LogP contribution < -0.4 is 11.1 Å². The highest BCUT2D eigenvalue weighted by Gasteiger charge is 2.54. The molecule has 4 atom stereocenters. The molecular formula is C15H25N3O4S. The van der Waals surface area contributed by atoms with E-state index >= 15 is 0 Å². The maximum Gasteiger partial charge on any atom is 0.410 e. The fourth-order valence-corrected chi connectivity index (χ4v) is 4.25. The van der Waals surface area contributed by atoms with Gasteiger partial charge in [0, 0.05) is 17.9 Å². The minimum atomic E-state index is -1.17. The topological polar surface area (TPSA) is 118 Å². The SMILES string of the molecule is C[C@H]1C[C@@H](CO)[C@](N)(c2nc(NC(=O)O)cs2)C(C(C)(C)C)O1. The number of amides is 1. The van der Waals surface area contributed by atoms with Crippen molar-refractivity contribution >= 4 is 23.2 Å². The summed E-state index contributed by atoms with van der Waals surface area (Å²) in [7, 11) is 0. The van der Waals surface area contributed by atoms with Crippen LogP contribution in [0.4, 0.5) is 10.6 Å². The molecule has 23 heavy (non-hydrogen) atoms. The molecule has 1 aliphatic rings. The fourth-order valence-electron chi connectivity index (χ4n) is 3.28. The zero-order valence-corrected chi connectivity index (χ0v) is 14.7. The van der Waals surface area contributed by atoms with Crippen LogP contribution in [-0.4, -0.2) is 40.1 Å². The molecule has 0 spiro atoms. The van der Waals surface area contributed by atoms with Gasteiger partial charge in [0.2, 0.25) is 0 Å². The predicted octanol–water partition coefficient (Wildman–Crippen LogP) is 2.22. The van der Waals surface area contributed by atoms with Crippen molar-refractivity contribution in [3.8, 4) is 0 Å². The van der Waals surface area contributed by atoms with Gasteiger partial charge in [-0.2, -0.15) is 0 Å². The van der Waals surface area contributed by atoms with Crippen LogP contribution in [0.2, 0.25) is 0 Å². The van der Waals surface area contributed by atoms with Crippen molar-refractivity contribution in [1.82, 2.24) is 4.98 Å². The van der Waals surface area contributed by atoms with E-state index in [0.717, 1.165) is 0 Å². The minimum Gasteiger partial charge on any atom is -0.465 e. The molecule has 0 bridgehead atoms. The number of ether oxygens (including phenoxy) is 1. The lowest BCUT2D eigenvalue weighted by molar-refractivity contribution is -0.167. The molecule has 1 unspecified atom stereocenters. The average Bonchev–Trinajstić information content (AvgIpc) is 2.87. The molecular weight excluding hydrogens is 318 g/mol. The van der Waals surface area contributed by atoms with Crippen LogP contribution in [0.1, 0.15) is 39.1 Å². The molecule has 7 nitrogen and oxygen atoms in total. The van der Waals surface area contributed by atoms with Crippen LogP contribution in [0.3, 0.4) is 0 Å². The number of nitrogens with zero attached hydrogens (tertiary/aromatic N) is 1. The van der Waals surface area contributed by atoms with Crippen LogP contribution in [-0.2, 0) is 10.3 Å². The van der Waals surface area contributed by atoms with Gasteiger partial charge in [-0.05, 0) is 18.8 Å². The number of thiazole rings is 1.